The van der Waals surface area contributed by atoms with E-state index < -0.39 is 12.1 Å². The first kappa shape index (κ1) is 21.3. The van der Waals surface area contributed by atoms with Gasteiger partial charge in [-0.1, -0.05) is 6.07 Å². The number of carbonyl (C=O) groups excluding carboxylic acids is 1. The van der Waals surface area contributed by atoms with Crippen LogP contribution in [-0.4, -0.2) is 59.3 Å². The van der Waals surface area contributed by atoms with E-state index >= 15 is 0 Å². The molecule has 2 aliphatic rings. The molecular formula is C24H28N4O3. The van der Waals surface area contributed by atoms with Crippen molar-refractivity contribution in [1.29, 1.82) is 0 Å². The summed E-state index contributed by atoms with van der Waals surface area (Å²) in [7, 11) is 0. The van der Waals surface area contributed by atoms with Gasteiger partial charge in [-0.2, -0.15) is 0 Å². The van der Waals surface area contributed by atoms with Crippen molar-refractivity contribution < 1.29 is 14.6 Å². The van der Waals surface area contributed by atoms with Crippen LogP contribution in [0.5, 0.6) is 0 Å². The first-order chi connectivity index (χ1) is 15.1. The Morgan fingerprint density at radius 3 is 3.00 bits per heavy atom. The summed E-state index contributed by atoms with van der Waals surface area (Å²) in [6.45, 7) is 4.84. The van der Waals surface area contributed by atoms with Crippen molar-refractivity contribution in [2.75, 3.05) is 13.2 Å². The Morgan fingerprint density at radius 1 is 1.35 bits per heavy atom. The van der Waals surface area contributed by atoms with E-state index in [-0.39, 0.29) is 0 Å². The fraction of sp³-hybridized carbons (Fsp3) is 0.417. The van der Waals surface area contributed by atoms with Gasteiger partial charge in [-0.3, -0.25) is 19.7 Å². The number of benzene rings is 1. The number of aryl methyl sites for hydroxylation is 2. The lowest BCUT2D eigenvalue weighted by Gasteiger charge is -2.32. The van der Waals surface area contributed by atoms with E-state index in [9.17, 15) is 9.90 Å². The quantitative estimate of drug-likeness (QED) is 0.442. The van der Waals surface area contributed by atoms with Gasteiger partial charge in [0.25, 0.3) is 0 Å². The van der Waals surface area contributed by atoms with Gasteiger partial charge in [0.1, 0.15) is 0 Å². The molecule has 0 aliphatic carbocycles. The predicted octanol–water partition coefficient (Wildman–Crippen LogP) is 3.21. The number of carbonyl (C=O) groups is 1. The zero-order valence-corrected chi connectivity index (χ0v) is 18.0. The van der Waals surface area contributed by atoms with Crippen molar-refractivity contribution in [2.45, 2.75) is 51.7 Å². The van der Waals surface area contributed by atoms with Gasteiger partial charge in [0.05, 0.1) is 36.5 Å². The highest BCUT2D eigenvalue weighted by Gasteiger charge is 2.28. The molecule has 1 amide bonds. The Hall–Kier alpha value is -2.90. The number of aliphatic hydroxyl groups is 1. The molecule has 0 spiro atoms. The molecule has 1 fully saturated rings. The van der Waals surface area contributed by atoms with Crippen LogP contribution < -0.4 is 0 Å². The van der Waals surface area contributed by atoms with Crippen molar-refractivity contribution >= 4 is 30.3 Å². The number of ether oxygens (including phenoxy) is 1. The van der Waals surface area contributed by atoms with Gasteiger partial charge in [-0.25, -0.2) is 4.99 Å². The number of aliphatic hydroxyl groups excluding tert-OH is 1. The number of nitrogens with zero attached hydrogens (tertiary/aromatic N) is 4. The van der Waals surface area contributed by atoms with Gasteiger partial charge in [0.15, 0.2) is 0 Å². The maximum atomic E-state index is 11.7. The molecule has 2 unspecified atom stereocenters. The maximum absolute atomic E-state index is 11.7. The molecule has 2 aromatic rings. The SMILES string of the molecule is Cc1cc(Cc2cc(C)c(N=CN(C=O)C3COCCC3O)c3c2N=CCC3)ccn1. The number of pyridine rings is 1. The minimum absolute atomic E-state index is 0.303. The molecule has 7 heteroatoms. The zero-order chi connectivity index (χ0) is 21.8. The number of fused-ring (bicyclic) bond motifs is 1. The van der Waals surface area contributed by atoms with Gasteiger partial charge in [-0.05, 0) is 68.4 Å². The molecule has 4 rings (SSSR count). The van der Waals surface area contributed by atoms with E-state index in [2.05, 4.69) is 22.1 Å². The number of aliphatic imine (C=N–C) groups is 2. The molecule has 1 saturated heterocycles. The second kappa shape index (κ2) is 9.49. The van der Waals surface area contributed by atoms with Crippen LogP contribution >= 0.6 is 0 Å². The molecule has 7 nitrogen and oxygen atoms in total. The van der Waals surface area contributed by atoms with E-state index in [0.29, 0.717) is 26.0 Å². The van der Waals surface area contributed by atoms with Gasteiger partial charge in [0.2, 0.25) is 6.41 Å². The number of amides is 1. The lowest BCUT2D eigenvalue weighted by atomic mass is 9.92. The lowest BCUT2D eigenvalue weighted by Crippen LogP contribution is -2.48. The van der Waals surface area contributed by atoms with Crippen LogP contribution in [0.4, 0.5) is 11.4 Å². The summed E-state index contributed by atoms with van der Waals surface area (Å²) in [6, 6.07) is 5.85. The average molecular weight is 421 g/mol. The van der Waals surface area contributed by atoms with E-state index in [4.69, 9.17) is 9.73 Å². The van der Waals surface area contributed by atoms with E-state index in [1.54, 1.807) is 0 Å². The summed E-state index contributed by atoms with van der Waals surface area (Å²) >= 11 is 0. The van der Waals surface area contributed by atoms with Crippen LogP contribution in [0.25, 0.3) is 0 Å². The van der Waals surface area contributed by atoms with Gasteiger partial charge >= 0.3 is 0 Å². The molecule has 0 bridgehead atoms. The minimum Gasteiger partial charge on any atom is -0.391 e. The summed E-state index contributed by atoms with van der Waals surface area (Å²) in [6.07, 6.45) is 8.40. The smallest absolute Gasteiger partial charge is 0.215 e. The Balaban J connectivity index is 1.66. The average Bonchev–Trinajstić information content (AvgIpc) is 2.77. The van der Waals surface area contributed by atoms with Crippen molar-refractivity contribution in [3.05, 3.63) is 52.3 Å². The highest BCUT2D eigenvalue weighted by atomic mass is 16.5. The Bertz CT molecular complexity index is 1020. The van der Waals surface area contributed by atoms with Crippen LogP contribution in [0.3, 0.4) is 0 Å². The summed E-state index contributed by atoms with van der Waals surface area (Å²) in [5.74, 6) is 0. The number of hydrogen-bond donors (Lipinski definition) is 1. The molecule has 0 saturated carbocycles. The molecule has 3 heterocycles. The molecule has 2 aliphatic heterocycles. The van der Waals surface area contributed by atoms with Crippen molar-refractivity contribution in [3.8, 4) is 0 Å². The van der Waals surface area contributed by atoms with Gasteiger partial charge in [0, 0.05) is 30.3 Å². The molecule has 0 radical (unpaired) electrons. The first-order valence-corrected chi connectivity index (χ1v) is 10.7. The normalized spacial score (nSPS) is 20.6. The Kier molecular flexibility index (Phi) is 6.53. The molecule has 2 atom stereocenters. The van der Waals surface area contributed by atoms with Crippen LogP contribution in [0.15, 0.2) is 34.4 Å². The van der Waals surface area contributed by atoms with Crippen LogP contribution in [-0.2, 0) is 22.4 Å². The van der Waals surface area contributed by atoms with E-state index in [1.807, 2.05) is 32.3 Å². The second-order valence-electron chi connectivity index (χ2n) is 8.16. The van der Waals surface area contributed by atoms with Crippen LogP contribution in [0.2, 0.25) is 0 Å². The number of aromatic nitrogens is 1. The summed E-state index contributed by atoms with van der Waals surface area (Å²) in [4.78, 5) is 26.8. The fourth-order valence-corrected chi connectivity index (χ4v) is 4.26. The van der Waals surface area contributed by atoms with E-state index in [1.165, 1.54) is 16.8 Å². The molecule has 1 aromatic heterocycles. The van der Waals surface area contributed by atoms with E-state index in [0.717, 1.165) is 53.0 Å². The number of rotatable bonds is 6. The molecule has 162 valence electrons. The lowest BCUT2D eigenvalue weighted by molar-refractivity contribution is -0.122. The third kappa shape index (κ3) is 4.73. The van der Waals surface area contributed by atoms with Crippen LogP contribution in [0.1, 0.15) is 40.8 Å². The van der Waals surface area contributed by atoms with Gasteiger partial charge < -0.3 is 9.84 Å². The summed E-state index contributed by atoms with van der Waals surface area (Å²) in [5, 5.41) is 10.2. The highest BCUT2D eigenvalue weighted by Crippen LogP contribution is 2.39. The standard InChI is InChI=1S/C24H28N4O3/c1-16-10-19(12-18-5-8-25-17(2)11-18)24-20(4-3-7-26-24)23(16)27-14-28(15-29)21-13-31-9-6-22(21)30/h5,7-8,10-11,14-15,21-22,30H,3-4,6,9,12-13H2,1-2H3. The maximum Gasteiger partial charge on any atom is 0.215 e. The largest absolute Gasteiger partial charge is 0.391 e. The molecular weight excluding hydrogens is 392 g/mol. The van der Waals surface area contributed by atoms with Gasteiger partial charge in [-0.15, -0.1) is 0 Å². The predicted molar refractivity (Wildman–Crippen MR) is 121 cm³/mol. The van der Waals surface area contributed by atoms with Crippen molar-refractivity contribution in [2.24, 2.45) is 9.98 Å². The highest BCUT2D eigenvalue weighted by molar-refractivity contribution is 5.81. The third-order valence-electron chi connectivity index (χ3n) is 5.86. The summed E-state index contributed by atoms with van der Waals surface area (Å²) in [5.41, 5.74) is 7.32. The fourth-order valence-electron chi connectivity index (χ4n) is 4.26. The zero-order valence-electron chi connectivity index (χ0n) is 18.0. The molecule has 31 heavy (non-hydrogen) atoms. The molecule has 1 N–H and O–H groups in total. The Labute approximate surface area is 182 Å². The monoisotopic (exact) mass is 420 g/mol. The second-order valence-corrected chi connectivity index (χ2v) is 8.16. The number of hydrogen-bond acceptors (Lipinski definition) is 6. The van der Waals surface area contributed by atoms with Crippen molar-refractivity contribution in [3.63, 3.8) is 0 Å². The van der Waals surface area contributed by atoms with Crippen LogP contribution in [0, 0.1) is 13.8 Å². The van der Waals surface area contributed by atoms with Crippen molar-refractivity contribution in [1.82, 2.24) is 9.88 Å². The topological polar surface area (TPSA) is 87.4 Å². The minimum atomic E-state index is -0.615. The first-order valence-electron chi connectivity index (χ1n) is 10.7. The molecule has 1 aromatic carbocycles. The summed E-state index contributed by atoms with van der Waals surface area (Å²) < 4.78 is 5.44. The third-order valence-corrected chi connectivity index (χ3v) is 5.86. The Morgan fingerprint density at radius 2 is 2.23 bits per heavy atom.